The number of carbonyl (C=O) groups is 1. The van der Waals surface area contributed by atoms with E-state index >= 15 is 0 Å². The van der Waals surface area contributed by atoms with E-state index in [1.807, 2.05) is 0 Å². The maximum absolute atomic E-state index is 10.3. The van der Waals surface area contributed by atoms with Crippen LogP contribution in [0.5, 0.6) is 0 Å². The van der Waals surface area contributed by atoms with E-state index < -0.39 is 0 Å². The second-order valence-electron chi connectivity index (χ2n) is 2.58. The fourth-order valence-electron chi connectivity index (χ4n) is 0.793. The van der Waals surface area contributed by atoms with Gasteiger partial charge < -0.3 is 4.74 Å². The Bertz CT molecular complexity index is 126. The molecule has 0 aliphatic carbocycles. The summed E-state index contributed by atoms with van der Waals surface area (Å²) in [7, 11) is 0. The quantitative estimate of drug-likeness (QED) is 0.385. The third-order valence-electron chi connectivity index (χ3n) is 1.37. The summed E-state index contributed by atoms with van der Waals surface area (Å²) < 4.78 is 4.74. The maximum Gasteiger partial charge on any atom is 0.302 e. The molecule has 12 heavy (non-hydrogen) atoms. The number of unbranched alkanes of at least 4 members (excludes halogenated alkanes) is 2. The summed E-state index contributed by atoms with van der Waals surface area (Å²) in [6.07, 6.45) is 3.69. The lowest BCUT2D eigenvalue weighted by Crippen LogP contribution is -2.00. The molecule has 4 heteroatoms. The van der Waals surface area contributed by atoms with E-state index in [1.54, 1.807) is 0 Å². The second kappa shape index (κ2) is 7.69. The SMILES string of the molecule is CC(=O)OCCCCCC(Cl)Cl. The topological polar surface area (TPSA) is 26.3 Å². The van der Waals surface area contributed by atoms with Crippen LogP contribution in [0.15, 0.2) is 0 Å². The van der Waals surface area contributed by atoms with Crippen LogP contribution in [0.4, 0.5) is 0 Å². The second-order valence-corrected chi connectivity index (χ2v) is 3.86. The predicted molar refractivity (Wildman–Crippen MR) is 50.6 cm³/mol. The van der Waals surface area contributed by atoms with Crippen LogP contribution in [0, 0.1) is 0 Å². The molecule has 0 saturated heterocycles. The molecule has 0 saturated carbocycles. The Kier molecular flexibility index (Phi) is 7.72. The first-order valence-electron chi connectivity index (χ1n) is 4.04. The molecular formula is C8H14Cl2O2. The number of halogens is 2. The Morgan fingerprint density at radius 2 is 2.00 bits per heavy atom. The first-order chi connectivity index (χ1) is 5.63. The largest absolute Gasteiger partial charge is 0.466 e. The molecule has 72 valence electrons. The van der Waals surface area contributed by atoms with Gasteiger partial charge in [-0.3, -0.25) is 4.79 Å². The number of alkyl halides is 2. The highest BCUT2D eigenvalue weighted by Crippen LogP contribution is 2.12. The molecule has 0 N–H and O–H groups in total. The predicted octanol–water partition coefficient (Wildman–Crippen LogP) is 2.91. The lowest BCUT2D eigenvalue weighted by Gasteiger charge is -2.02. The molecule has 0 unspecified atom stereocenters. The molecular weight excluding hydrogens is 199 g/mol. The number of esters is 1. The fourth-order valence-corrected chi connectivity index (χ4v) is 1.10. The fraction of sp³-hybridized carbons (Fsp3) is 0.875. The van der Waals surface area contributed by atoms with Crippen LogP contribution in [0.3, 0.4) is 0 Å². The summed E-state index contributed by atoms with van der Waals surface area (Å²) in [5.74, 6) is -0.220. The third kappa shape index (κ3) is 10.0. The Balaban J connectivity index is 2.96. The monoisotopic (exact) mass is 212 g/mol. The Morgan fingerprint density at radius 1 is 1.33 bits per heavy atom. The van der Waals surface area contributed by atoms with E-state index in [0.29, 0.717) is 6.61 Å². The van der Waals surface area contributed by atoms with Crippen molar-refractivity contribution in [3.05, 3.63) is 0 Å². The van der Waals surface area contributed by atoms with Gasteiger partial charge in [0.25, 0.3) is 0 Å². The lowest BCUT2D eigenvalue weighted by molar-refractivity contribution is -0.141. The molecule has 0 aliphatic rings. The van der Waals surface area contributed by atoms with E-state index in [9.17, 15) is 4.79 Å². The van der Waals surface area contributed by atoms with E-state index in [0.717, 1.165) is 25.7 Å². The molecule has 0 bridgehead atoms. The zero-order valence-electron chi connectivity index (χ0n) is 7.19. The van der Waals surface area contributed by atoms with Gasteiger partial charge in [0.05, 0.1) is 6.61 Å². The molecule has 0 aromatic heterocycles. The molecule has 0 atom stereocenters. The van der Waals surface area contributed by atoms with Crippen LogP contribution in [0.2, 0.25) is 0 Å². The van der Waals surface area contributed by atoms with Gasteiger partial charge in [0.15, 0.2) is 0 Å². The molecule has 2 nitrogen and oxygen atoms in total. The summed E-state index contributed by atoms with van der Waals surface area (Å²) in [4.78, 5) is 10.1. The number of rotatable bonds is 6. The van der Waals surface area contributed by atoms with Gasteiger partial charge in [-0.05, 0) is 19.3 Å². The molecule has 0 aliphatic heterocycles. The normalized spacial score (nSPS) is 10.3. The van der Waals surface area contributed by atoms with Gasteiger partial charge >= 0.3 is 5.97 Å². The number of hydrogen-bond donors (Lipinski definition) is 0. The smallest absolute Gasteiger partial charge is 0.302 e. The van der Waals surface area contributed by atoms with Crippen molar-refractivity contribution in [2.75, 3.05) is 6.61 Å². The highest BCUT2D eigenvalue weighted by Gasteiger charge is 1.98. The Labute approximate surface area is 83.2 Å². The van der Waals surface area contributed by atoms with Crippen LogP contribution in [-0.2, 0) is 9.53 Å². The molecule has 0 heterocycles. The lowest BCUT2D eigenvalue weighted by atomic mass is 10.2. The molecule has 0 amide bonds. The molecule has 0 aromatic rings. The highest BCUT2D eigenvalue weighted by molar-refractivity contribution is 6.44. The minimum Gasteiger partial charge on any atom is -0.466 e. The van der Waals surface area contributed by atoms with Gasteiger partial charge in [-0.25, -0.2) is 0 Å². The van der Waals surface area contributed by atoms with Crippen LogP contribution in [0.25, 0.3) is 0 Å². The third-order valence-corrected chi connectivity index (χ3v) is 1.81. The standard InChI is InChI=1S/C8H14Cl2O2/c1-7(11)12-6-4-2-3-5-8(9)10/h8H,2-6H2,1H3. The number of carbonyl (C=O) groups excluding carboxylic acids is 1. The molecule has 0 fully saturated rings. The van der Waals surface area contributed by atoms with Gasteiger partial charge in [-0.1, -0.05) is 6.42 Å². The van der Waals surface area contributed by atoms with Crippen molar-refractivity contribution in [2.45, 2.75) is 37.4 Å². The minimum absolute atomic E-state index is 0.220. The summed E-state index contributed by atoms with van der Waals surface area (Å²) >= 11 is 11.0. The van der Waals surface area contributed by atoms with Gasteiger partial charge in [0.1, 0.15) is 4.84 Å². The van der Waals surface area contributed by atoms with Crippen LogP contribution < -0.4 is 0 Å². The minimum atomic E-state index is -0.265. The summed E-state index contributed by atoms with van der Waals surface area (Å²) in [6.45, 7) is 1.91. The van der Waals surface area contributed by atoms with Gasteiger partial charge in [-0.15, -0.1) is 23.2 Å². The maximum atomic E-state index is 10.3. The summed E-state index contributed by atoms with van der Waals surface area (Å²) in [6, 6.07) is 0. The van der Waals surface area contributed by atoms with Crippen LogP contribution >= 0.6 is 23.2 Å². The van der Waals surface area contributed by atoms with Gasteiger partial charge in [0, 0.05) is 6.92 Å². The summed E-state index contributed by atoms with van der Waals surface area (Å²) in [5, 5.41) is 0. The van der Waals surface area contributed by atoms with E-state index in [1.165, 1.54) is 6.92 Å². The highest BCUT2D eigenvalue weighted by atomic mass is 35.5. The van der Waals surface area contributed by atoms with Crippen LogP contribution in [0.1, 0.15) is 32.6 Å². The summed E-state index contributed by atoms with van der Waals surface area (Å²) in [5.41, 5.74) is 0. The first kappa shape index (κ1) is 12.0. The zero-order chi connectivity index (χ0) is 9.40. The zero-order valence-corrected chi connectivity index (χ0v) is 8.70. The van der Waals surface area contributed by atoms with E-state index in [2.05, 4.69) is 0 Å². The average Bonchev–Trinajstić information content (AvgIpc) is 1.95. The molecule has 0 radical (unpaired) electrons. The van der Waals surface area contributed by atoms with Crippen LogP contribution in [-0.4, -0.2) is 17.4 Å². The molecule has 0 rings (SSSR count). The van der Waals surface area contributed by atoms with Crippen molar-refractivity contribution in [1.82, 2.24) is 0 Å². The average molecular weight is 213 g/mol. The van der Waals surface area contributed by atoms with Crippen molar-refractivity contribution in [3.8, 4) is 0 Å². The van der Waals surface area contributed by atoms with Crippen molar-refractivity contribution >= 4 is 29.2 Å². The Hall–Kier alpha value is 0.0500. The number of hydrogen-bond acceptors (Lipinski definition) is 2. The van der Waals surface area contributed by atoms with Crippen molar-refractivity contribution < 1.29 is 9.53 Å². The Morgan fingerprint density at radius 3 is 2.50 bits per heavy atom. The van der Waals surface area contributed by atoms with E-state index in [4.69, 9.17) is 27.9 Å². The van der Waals surface area contributed by atoms with E-state index in [-0.39, 0.29) is 10.8 Å². The van der Waals surface area contributed by atoms with Crippen molar-refractivity contribution in [3.63, 3.8) is 0 Å². The first-order valence-corrected chi connectivity index (χ1v) is 4.91. The van der Waals surface area contributed by atoms with Gasteiger partial charge in [-0.2, -0.15) is 0 Å². The van der Waals surface area contributed by atoms with Crippen molar-refractivity contribution in [2.24, 2.45) is 0 Å². The van der Waals surface area contributed by atoms with Crippen molar-refractivity contribution in [1.29, 1.82) is 0 Å². The molecule has 0 spiro atoms. The number of ether oxygens (including phenoxy) is 1. The molecule has 0 aromatic carbocycles. The van der Waals surface area contributed by atoms with Gasteiger partial charge in [0.2, 0.25) is 0 Å².